The summed E-state index contributed by atoms with van der Waals surface area (Å²) < 4.78 is 5.79. The number of methoxy groups -OCH3 is 1. The van der Waals surface area contributed by atoms with E-state index in [4.69, 9.17) is 9.84 Å². The van der Waals surface area contributed by atoms with Crippen LogP contribution in [0.15, 0.2) is 18.2 Å². The zero-order valence-electron chi connectivity index (χ0n) is 11.6. The highest BCUT2D eigenvalue weighted by Gasteiger charge is 2.22. The maximum atomic E-state index is 12.1. The SMILES string of the molecule is COc1ccc(C(=O)NC(CC(C)C)C(=O)O)c(I)c1. The highest BCUT2D eigenvalue weighted by atomic mass is 127. The molecule has 0 heterocycles. The van der Waals surface area contributed by atoms with Gasteiger partial charge in [-0.1, -0.05) is 13.8 Å². The van der Waals surface area contributed by atoms with Crippen LogP contribution in [0.2, 0.25) is 0 Å². The van der Waals surface area contributed by atoms with E-state index in [-0.39, 0.29) is 11.8 Å². The van der Waals surface area contributed by atoms with Crippen molar-refractivity contribution < 1.29 is 19.4 Å². The van der Waals surface area contributed by atoms with E-state index in [0.717, 1.165) is 0 Å². The molecule has 1 amide bonds. The van der Waals surface area contributed by atoms with Gasteiger partial charge in [0, 0.05) is 3.57 Å². The summed E-state index contributed by atoms with van der Waals surface area (Å²) >= 11 is 2.03. The normalized spacial score (nSPS) is 12.1. The van der Waals surface area contributed by atoms with Gasteiger partial charge in [-0.05, 0) is 53.1 Å². The van der Waals surface area contributed by atoms with Crippen LogP contribution in [-0.4, -0.2) is 30.1 Å². The first kappa shape index (κ1) is 16.7. The van der Waals surface area contributed by atoms with Crippen LogP contribution in [0.3, 0.4) is 0 Å². The van der Waals surface area contributed by atoms with Crippen LogP contribution in [0.5, 0.6) is 5.75 Å². The fourth-order valence-electron chi connectivity index (χ4n) is 1.74. The average Bonchev–Trinajstić information content (AvgIpc) is 2.36. The van der Waals surface area contributed by atoms with Crippen LogP contribution in [0, 0.1) is 9.49 Å². The van der Waals surface area contributed by atoms with Crippen LogP contribution in [-0.2, 0) is 4.79 Å². The predicted molar refractivity (Wildman–Crippen MR) is 84.1 cm³/mol. The van der Waals surface area contributed by atoms with Crippen LogP contribution in [0.1, 0.15) is 30.6 Å². The Kier molecular flexibility index (Phi) is 6.25. The number of carbonyl (C=O) groups excluding carboxylic acids is 1. The highest BCUT2D eigenvalue weighted by molar-refractivity contribution is 14.1. The minimum absolute atomic E-state index is 0.186. The van der Waals surface area contributed by atoms with Crippen molar-refractivity contribution in [1.29, 1.82) is 0 Å². The highest BCUT2D eigenvalue weighted by Crippen LogP contribution is 2.19. The number of rotatable bonds is 6. The number of benzene rings is 1. The largest absolute Gasteiger partial charge is 0.497 e. The molecular weight excluding hydrogens is 373 g/mol. The molecule has 5 nitrogen and oxygen atoms in total. The molecule has 0 aliphatic heterocycles. The molecule has 1 atom stereocenters. The van der Waals surface area contributed by atoms with Gasteiger partial charge in [0.05, 0.1) is 12.7 Å². The van der Waals surface area contributed by atoms with Crippen molar-refractivity contribution in [3.05, 3.63) is 27.3 Å². The lowest BCUT2D eigenvalue weighted by atomic mass is 10.0. The predicted octanol–water partition coefficient (Wildman–Crippen LogP) is 2.53. The minimum Gasteiger partial charge on any atom is -0.497 e. The molecule has 20 heavy (non-hydrogen) atoms. The number of aliphatic carboxylic acids is 1. The molecule has 1 aromatic carbocycles. The summed E-state index contributed by atoms with van der Waals surface area (Å²) in [6.45, 7) is 3.83. The first-order valence-electron chi connectivity index (χ1n) is 6.22. The Hall–Kier alpha value is -1.31. The monoisotopic (exact) mass is 391 g/mol. The van der Waals surface area contributed by atoms with Crippen molar-refractivity contribution in [2.75, 3.05) is 7.11 Å². The molecule has 0 fully saturated rings. The third kappa shape index (κ3) is 4.66. The van der Waals surface area contributed by atoms with Gasteiger partial charge in [0.25, 0.3) is 5.91 Å². The van der Waals surface area contributed by atoms with Gasteiger partial charge in [0.1, 0.15) is 11.8 Å². The summed E-state index contributed by atoms with van der Waals surface area (Å²) in [5.41, 5.74) is 0.446. The maximum absolute atomic E-state index is 12.1. The van der Waals surface area contributed by atoms with Crippen molar-refractivity contribution in [3.63, 3.8) is 0 Å². The molecule has 2 N–H and O–H groups in total. The first-order chi connectivity index (χ1) is 9.35. The van der Waals surface area contributed by atoms with E-state index in [9.17, 15) is 9.59 Å². The average molecular weight is 391 g/mol. The molecule has 6 heteroatoms. The molecule has 1 aromatic rings. The topological polar surface area (TPSA) is 75.6 Å². The van der Waals surface area contributed by atoms with Crippen LogP contribution in [0.25, 0.3) is 0 Å². The van der Waals surface area contributed by atoms with E-state index in [2.05, 4.69) is 5.32 Å². The number of hydrogen-bond acceptors (Lipinski definition) is 3. The molecule has 110 valence electrons. The number of nitrogens with one attached hydrogen (secondary N) is 1. The van der Waals surface area contributed by atoms with Gasteiger partial charge in [-0.25, -0.2) is 4.79 Å². The van der Waals surface area contributed by atoms with E-state index in [1.54, 1.807) is 25.3 Å². The van der Waals surface area contributed by atoms with E-state index in [1.807, 2.05) is 36.4 Å². The van der Waals surface area contributed by atoms with Crippen molar-refractivity contribution >= 4 is 34.5 Å². The molecule has 1 unspecified atom stereocenters. The van der Waals surface area contributed by atoms with Gasteiger partial charge in [-0.2, -0.15) is 0 Å². The molecule has 0 bridgehead atoms. The molecule has 0 saturated carbocycles. The molecular formula is C14H18INO4. The number of ether oxygens (including phenoxy) is 1. The smallest absolute Gasteiger partial charge is 0.326 e. The third-order valence-electron chi connectivity index (χ3n) is 2.73. The van der Waals surface area contributed by atoms with Crippen LogP contribution >= 0.6 is 22.6 Å². The molecule has 1 rings (SSSR count). The summed E-state index contributed by atoms with van der Waals surface area (Å²) in [5.74, 6) is -0.560. The lowest BCUT2D eigenvalue weighted by molar-refractivity contribution is -0.139. The summed E-state index contributed by atoms with van der Waals surface area (Å²) in [5, 5.41) is 11.7. The van der Waals surface area contributed by atoms with Gasteiger partial charge >= 0.3 is 5.97 Å². The Morgan fingerprint density at radius 2 is 2.05 bits per heavy atom. The van der Waals surface area contributed by atoms with Gasteiger partial charge in [-0.3, -0.25) is 4.79 Å². The second-order valence-electron chi connectivity index (χ2n) is 4.84. The van der Waals surface area contributed by atoms with Gasteiger partial charge in [0.2, 0.25) is 0 Å². The van der Waals surface area contributed by atoms with Gasteiger partial charge < -0.3 is 15.2 Å². The number of carbonyl (C=O) groups is 2. The Morgan fingerprint density at radius 3 is 2.50 bits per heavy atom. The first-order valence-corrected chi connectivity index (χ1v) is 7.30. The third-order valence-corrected chi connectivity index (χ3v) is 3.62. The molecule has 0 aromatic heterocycles. The fourth-order valence-corrected chi connectivity index (χ4v) is 2.47. The minimum atomic E-state index is -1.02. The summed E-state index contributed by atoms with van der Waals surface area (Å²) in [7, 11) is 1.55. The molecule has 0 spiro atoms. The number of carboxylic acids is 1. The van der Waals surface area contributed by atoms with E-state index in [0.29, 0.717) is 21.3 Å². The summed E-state index contributed by atoms with van der Waals surface area (Å²) in [4.78, 5) is 23.3. The quantitative estimate of drug-likeness (QED) is 0.731. The van der Waals surface area contributed by atoms with Crippen molar-refractivity contribution in [2.24, 2.45) is 5.92 Å². The Morgan fingerprint density at radius 1 is 1.40 bits per heavy atom. The Balaban J connectivity index is 2.86. The number of halogens is 1. The fraction of sp³-hybridized carbons (Fsp3) is 0.429. The maximum Gasteiger partial charge on any atom is 0.326 e. The van der Waals surface area contributed by atoms with E-state index < -0.39 is 12.0 Å². The zero-order valence-corrected chi connectivity index (χ0v) is 13.8. The molecule has 0 aliphatic carbocycles. The summed E-state index contributed by atoms with van der Waals surface area (Å²) in [6, 6.07) is 4.16. The molecule has 0 aliphatic rings. The zero-order chi connectivity index (χ0) is 15.3. The van der Waals surface area contributed by atoms with Crippen LogP contribution < -0.4 is 10.1 Å². The van der Waals surface area contributed by atoms with Crippen LogP contribution in [0.4, 0.5) is 0 Å². The second kappa shape index (κ2) is 7.47. The standard InChI is InChI=1S/C14H18INO4/c1-8(2)6-12(14(18)19)16-13(17)10-5-4-9(20-3)7-11(10)15/h4-5,7-8,12H,6H2,1-3H3,(H,16,17)(H,18,19). The van der Waals surface area contributed by atoms with E-state index in [1.165, 1.54) is 0 Å². The van der Waals surface area contributed by atoms with Gasteiger partial charge in [0.15, 0.2) is 0 Å². The summed E-state index contributed by atoms with van der Waals surface area (Å²) in [6.07, 6.45) is 0.397. The number of hydrogen-bond donors (Lipinski definition) is 2. The second-order valence-corrected chi connectivity index (χ2v) is 6.00. The Bertz CT molecular complexity index is 502. The number of amides is 1. The van der Waals surface area contributed by atoms with Gasteiger partial charge in [-0.15, -0.1) is 0 Å². The lowest BCUT2D eigenvalue weighted by Gasteiger charge is -2.17. The number of carboxylic acid groups (broad SMARTS) is 1. The van der Waals surface area contributed by atoms with Crippen molar-refractivity contribution in [3.8, 4) is 5.75 Å². The lowest BCUT2D eigenvalue weighted by Crippen LogP contribution is -2.41. The van der Waals surface area contributed by atoms with E-state index >= 15 is 0 Å². The molecule has 0 radical (unpaired) electrons. The van der Waals surface area contributed by atoms with Crippen molar-refractivity contribution in [1.82, 2.24) is 5.32 Å². The Labute approximate surface area is 131 Å². The van der Waals surface area contributed by atoms with Crippen molar-refractivity contribution in [2.45, 2.75) is 26.3 Å². The molecule has 0 saturated heterocycles.